The van der Waals surface area contributed by atoms with Crippen molar-refractivity contribution < 1.29 is 4.74 Å². The Hall–Kier alpha value is -2.42. The van der Waals surface area contributed by atoms with Gasteiger partial charge in [0.05, 0.1) is 6.61 Å². The number of benzene rings is 2. The molecule has 1 aromatic heterocycles. The molecular weight excluding hydrogens is 272 g/mol. The molecule has 2 aromatic carbocycles. The third-order valence-corrected chi connectivity index (χ3v) is 4.00. The number of nitrogens with zero attached hydrogens (tertiary/aromatic N) is 2. The Kier molecular flexibility index (Phi) is 3.80. The summed E-state index contributed by atoms with van der Waals surface area (Å²) < 4.78 is 7.76. The lowest BCUT2D eigenvalue weighted by atomic mass is 10.1. The van der Waals surface area contributed by atoms with Gasteiger partial charge in [-0.05, 0) is 61.0 Å². The maximum atomic E-state index is 5.52. The Bertz CT molecular complexity index is 785. The number of anilines is 1. The van der Waals surface area contributed by atoms with Gasteiger partial charge >= 0.3 is 0 Å². The topological polar surface area (TPSA) is 17.4 Å². The van der Waals surface area contributed by atoms with Crippen LogP contribution in [0.2, 0.25) is 0 Å². The van der Waals surface area contributed by atoms with E-state index < -0.39 is 0 Å². The van der Waals surface area contributed by atoms with E-state index >= 15 is 0 Å². The van der Waals surface area contributed by atoms with Gasteiger partial charge in [0.2, 0.25) is 0 Å². The Labute approximate surface area is 131 Å². The number of fused-ring (bicyclic) bond motifs is 1. The molecule has 0 N–H and O–H groups in total. The highest BCUT2D eigenvalue weighted by Crippen LogP contribution is 2.30. The molecule has 3 aromatic rings. The molecule has 0 bridgehead atoms. The lowest BCUT2D eigenvalue weighted by Gasteiger charge is -2.12. The predicted octanol–water partition coefficient (Wildman–Crippen LogP) is 4.31. The second-order valence-electron chi connectivity index (χ2n) is 5.68. The van der Waals surface area contributed by atoms with Crippen molar-refractivity contribution in [3.63, 3.8) is 0 Å². The third-order valence-electron chi connectivity index (χ3n) is 4.00. The van der Waals surface area contributed by atoms with E-state index in [-0.39, 0.29) is 0 Å². The van der Waals surface area contributed by atoms with Gasteiger partial charge in [0.1, 0.15) is 5.75 Å². The zero-order chi connectivity index (χ0) is 15.7. The first kappa shape index (κ1) is 14.5. The van der Waals surface area contributed by atoms with Crippen LogP contribution in [0.15, 0.2) is 48.5 Å². The van der Waals surface area contributed by atoms with Crippen LogP contribution in [-0.2, 0) is 7.05 Å². The van der Waals surface area contributed by atoms with E-state index in [1.165, 1.54) is 27.8 Å². The van der Waals surface area contributed by atoms with Gasteiger partial charge in [0, 0.05) is 43.4 Å². The average molecular weight is 294 g/mol. The molecule has 0 radical (unpaired) electrons. The second-order valence-corrected chi connectivity index (χ2v) is 5.68. The lowest BCUT2D eigenvalue weighted by Crippen LogP contribution is -2.07. The van der Waals surface area contributed by atoms with E-state index in [9.17, 15) is 0 Å². The molecule has 0 amide bonds. The van der Waals surface area contributed by atoms with Gasteiger partial charge < -0.3 is 14.2 Å². The summed E-state index contributed by atoms with van der Waals surface area (Å²) in [6.45, 7) is 2.70. The van der Waals surface area contributed by atoms with Crippen molar-refractivity contribution in [2.45, 2.75) is 6.92 Å². The molecule has 114 valence electrons. The van der Waals surface area contributed by atoms with Crippen molar-refractivity contribution in [1.82, 2.24) is 4.57 Å². The van der Waals surface area contributed by atoms with Gasteiger partial charge in [-0.3, -0.25) is 0 Å². The first-order chi connectivity index (χ1) is 10.6. The standard InChI is InChI=1S/C19H22N2O/c1-5-22-17-9-6-14(7-10-17)19-13-15-12-16(20(2)3)8-11-18(15)21(19)4/h6-13H,5H2,1-4H3. The Morgan fingerprint density at radius 3 is 2.36 bits per heavy atom. The number of ether oxygens (including phenoxy) is 1. The summed E-state index contributed by atoms with van der Waals surface area (Å²) in [6.07, 6.45) is 0. The Morgan fingerprint density at radius 2 is 1.73 bits per heavy atom. The van der Waals surface area contributed by atoms with E-state index in [1.54, 1.807) is 0 Å². The average Bonchev–Trinajstić information content (AvgIpc) is 2.85. The van der Waals surface area contributed by atoms with Crippen LogP contribution in [0, 0.1) is 0 Å². The number of rotatable bonds is 4. The van der Waals surface area contributed by atoms with Crippen molar-refractivity contribution in [2.24, 2.45) is 7.05 Å². The molecule has 0 fully saturated rings. The van der Waals surface area contributed by atoms with Gasteiger partial charge in [0.25, 0.3) is 0 Å². The summed E-state index contributed by atoms with van der Waals surface area (Å²) in [4.78, 5) is 2.13. The van der Waals surface area contributed by atoms with Gasteiger partial charge in [-0.15, -0.1) is 0 Å². The summed E-state index contributed by atoms with van der Waals surface area (Å²) in [7, 11) is 6.25. The van der Waals surface area contributed by atoms with Crippen molar-refractivity contribution >= 4 is 16.6 Å². The molecule has 0 aliphatic rings. The van der Waals surface area contributed by atoms with E-state index in [1.807, 2.05) is 19.1 Å². The molecule has 0 spiro atoms. The summed E-state index contributed by atoms with van der Waals surface area (Å²) in [6, 6.07) is 17.1. The van der Waals surface area contributed by atoms with Crippen LogP contribution in [0.25, 0.3) is 22.2 Å². The van der Waals surface area contributed by atoms with E-state index in [0.717, 1.165) is 5.75 Å². The fourth-order valence-electron chi connectivity index (χ4n) is 2.78. The monoisotopic (exact) mass is 294 g/mol. The summed E-state index contributed by atoms with van der Waals surface area (Å²) in [5.74, 6) is 0.917. The van der Waals surface area contributed by atoms with Crippen molar-refractivity contribution in [2.75, 3.05) is 25.6 Å². The van der Waals surface area contributed by atoms with E-state index in [2.05, 4.69) is 67.0 Å². The van der Waals surface area contributed by atoms with Crippen molar-refractivity contribution in [3.05, 3.63) is 48.5 Å². The van der Waals surface area contributed by atoms with Crippen molar-refractivity contribution in [3.8, 4) is 17.0 Å². The zero-order valence-corrected chi connectivity index (χ0v) is 13.6. The fourth-order valence-corrected chi connectivity index (χ4v) is 2.78. The minimum atomic E-state index is 0.695. The van der Waals surface area contributed by atoms with Crippen LogP contribution in [0.5, 0.6) is 5.75 Å². The number of aromatic nitrogens is 1. The molecule has 0 unspecified atom stereocenters. The number of hydrogen-bond acceptors (Lipinski definition) is 2. The molecule has 0 aliphatic heterocycles. The summed E-state index contributed by atoms with van der Waals surface area (Å²) >= 11 is 0. The Balaban J connectivity index is 2.04. The third kappa shape index (κ3) is 2.54. The minimum absolute atomic E-state index is 0.695. The van der Waals surface area contributed by atoms with Gasteiger partial charge in [-0.25, -0.2) is 0 Å². The summed E-state index contributed by atoms with van der Waals surface area (Å²) in [5, 5.41) is 1.26. The Morgan fingerprint density at radius 1 is 1.00 bits per heavy atom. The van der Waals surface area contributed by atoms with Gasteiger partial charge in [-0.2, -0.15) is 0 Å². The molecule has 22 heavy (non-hydrogen) atoms. The molecule has 3 rings (SSSR count). The highest BCUT2D eigenvalue weighted by Gasteiger charge is 2.09. The molecule has 3 nitrogen and oxygen atoms in total. The molecule has 1 heterocycles. The number of aryl methyl sites for hydroxylation is 1. The minimum Gasteiger partial charge on any atom is -0.494 e. The first-order valence-electron chi connectivity index (χ1n) is 7.60. The maximum absolute atomic E-state index is 5.52. The van der Waals surface area contributed by atoms with Crippen LogP contribution in [0.3, 0.4) is 0 Å². The molecule has 0 atom stereocenters. The van der Waals surface area contributed by atoms with E-state index in [4.69, 9.17) is 4.74 Å². The van der Waals surface area contributed by atoms with Crippen LogP contribution in [0.4, 0.5) is 5.69 Å². The SMILES string of the molecule is CCOc1ccc(-c2cc3cc(N(C)C)ccc3n2C)cc1. The first-order valence-corrected chi connectivity index (χ1v) is 7.60. The smallest absolute Gasteiger partial charge is 0.119 e. The molecular formula is C19H22N2O. The molecule has 0 saturated heterocycles. The lowest BCUT2D eigenvalue weighted by molar-refractivity contribution is 0.340. The second kappa shape index (κ2) is 5.76. The quantitative estimate of drug-likeness (QED) is 0.713. The molecule has 3 heteroatoms. The zero-order valence-electron chi connectivity index (χ0n) is 13.6. The maximum Gasteiger partial charge on any atom is 0.119 e. The van der Waals surface area contributed by atoms with Crippen LogP contribution >= 0.6 is 0 Å². The largest absolute Gasteiger partial charge is 0.494 e. The van der Waals surface area contributed by atoms with Gasteiger partial charge in [-0.1, -0.05) is 0 Å². The van der Waals surface area contributed by atoms with E-state index in [0.29, 0.717) is 6.61 Å². The normalized spacial score (nSPS) is 10.9. The highest BCUT2D eigenvalue weighted by molar-refractivity contribution is 5.89. The number of hydrogen-bond donors (Lipinski definition) is 0. The van der Waals surface area contributed by atoms with Crippen LogP contribution in [-0.4, -0.2) is 25.3 Å². The van der Waals surface area contributed by atoms with Gasteiger partial charge in [0.15, 0.2) is 0 Å². The fraction of sp³-hybridized carbons (Fsp3) is 0.263. The predicted molar refractivity (Wildman–Crippen MR) is 93.9 cm³/mol. The highest BCUT2D eigenvalue weighted by atomic mass is 16.5. The molecule has 0 aliphatic carbocycles. The van der Waals surface area contributed by atoms with Crippen molar-refractivity contribution in [1.29, 1.82) is 0 Å². The van der Waals surface area contributed by atoms with Crippen LogP contribution < -0.4 is 9.64 Å². The molecule has 0 saturated carbocycles. The summed E-state index contributed by atoms with van der Waals surface area (Å²) in [5.41, 5.74) is 4.88. The van der Waals surface area contributed by atoms with Crippen LogP contribution in [0.1, 0.15) is 6.92 Å².